The summed E-state index contributed by atoms with van der Waals surface area (Å²) in [6, 6.07) is 25.6. The quantitative estimate of drug-likeness (QED) is 0.0884. The fourth-order valence-corrected chi connectivity index (χ4v) is 5.97. The Labute approximate surface area is 285 Å². The third-order valence-electron chi connectivity index (χ3n) is 7.41. The topological polar surface area (TPSA) is 136 Å². The third-order valence-corrected chi connectivity index (χ3v) is 8.51. The molecule has 12 heteroatoms. The lowest BCUT2D eigenvalue weighted by atomic mass is 10.1. The van der Waals surface area contributed by atoms with Crippen molar-refractivity contribution in [2.45, 2.75) is 25.9 Å². The van der Waals surface area contributed by atoms with Crippen LogP contribution < -0.4 is 10.6 Å². The predicted octanol–water partition coefficient (Wildman–Crippen LogP) is 5.05. The van der Waals surface area contributed by atoms with Crippen molar-refractivity contribution in [2.24, 2.45) is 0 Å². The molecule has 0 amide bonds. The molecule has 0 unspecified atom stereocenters. The number of fused-ring (bicyclic) bond motifs is 1. The van der Waals surface area contributed by atoms with Gasteiger partial charge in [-0.2, -0.15) is 0 Å². The van der Waals surface area contributed by atoms with Crippen LogP contribution >= 0.6 is 11.3 Å². The van der Waals surface area contributed by atoms with E-state index in [-0.39, 0.29) is 0 Å². The maximum absolute atomic E-state index is 9.10. The second-order valence-corrected chi connectivity index (χ2v) is 13.1. The molecule has 0 fully saturated rings. The number of aromatic nitrogens is 3. The molecule has 0 aliphatic carbocycles. The van der Waals surface area contributed by atoms with Crippen LogP contribution in [0.15, 0.2) is 79.0 Å². The Hall–Kier alpha value is -4.46. The number of aliphatic carboxylic acids is 2. The van der Waals surface area contributed by atoms with Crippen LogP contribution in [0.5, 0.6) is 0 Å². The van der Waals surface area contributed by atoms with Crippen LogP contribution in [0.3, 0.4) is 0 Å². The number of nitrogens with zero attached hydrogens (tertiary/aromatic N) is 5. The van der Waals surface area contributed by atoms with E-state index in [0.29, 0.717) is 0 Å². The van der Waals surface area contributed by atoms with Crippen molar-refractivity contribution < 1.29 is 19.8 Å². The summed E-state index contributed by atoms with van der Waals surface area (Å²) in [7, 11) is 8.47. The number of rotatable bonds is 15. The smallest absolute Gasteiger partial charge is 0.414 e. The van der Waals surface area contributed by atoms with Crippen molar-refractivity contribution in [3.05, 3.63) is 89.4 Å². The van der Waals surface area contributed by atoms with Crippen molar-refractivity contribution in [3.8, 4) is 27.6 Å². The van der Waals surface area contributed by atoms with Gasteiger partial charge in [-0.3, -0.25) is 0 Å². The molecular weight excluding hydrogens is 627 g/mol. The second kappa shape index (κ2) is 18.2. The molecule has 2 aromatic carbocycles. The van der Waals surface area contributed by atoms with E-state index >= 15 is 0 Å². The van der Waals surface area contributed by atoms with E-state index in [0.717, 1.165) is 90.8 Å². The molecule has 3 heterocycles. The summed E-state index contributed by atoms with van der Waals surface area (Å²) in [5.41, 5.74) is 5.28. The van der Waals surface area contributed by atoms with E-state index in [4.69, 9.17) is 29.8 Å². The average Bonchev–Trinajstić information content (AvgIpc) is 3.72. The summed E-state index contributed by atoms with van der Waals surface area (Å²) < 4.78 is 2.16. The molecule has 5 rings (SSSR count). The molecule has 0 radical (unpaired) electrons. The Morgan fingerprint density at radius 1 is 0.771 bits per heavy atom. The van der Waals surface area contributed by atoms with Crippen LogP contribution in [0.1, 0.15) is 23.3 Å². The number of benzene rings is 2. The van der Waals surface area contributed by atoms with Crippen molar-refractivity contribution >= 4 is 34.3 Å². The van der Waals surface area contributed by atoms with E-state index < -0.39 is 11.9 Å². The Balaban J connectivity index is 0.000000794. The van der Waals surface area contributed by atoms with Crippen molar-refractivity contribution in [3.63, 3.8) is 0 Å². The molecular formula is C36H45N7O4S. The molecule has 0 aliphatic rings. The largest absolute Gasteiger partial charge is 0.473 e. The Morgan fingerprint density at radius 3 is 2.00 bits per heavy atom. The number of nitrogens with one attached hydrogen (secondary N) is 2. The van der Waals surface area contributed by atoms with Gasteiger partial charge < -0.3 is 35.2 Å². The number of carboxylic acids is 2. The van der Waals surface area contributed by atoms with Crippen LogP contribution in [0.4, 0.5) is 0 Å². The predicted molar refractivity (Wildman–Crippen MR) is 193 cm³/mol. The highest BCUT2D eigenvalue weighted by atomic mass is 32.1. The van der Waals surface area contributed by atoms with E-state index in [1.54, 1.807) is 0 Å². The van der Waals surface area contributed by atoms with E-state index in [9.17, 15) is 0 Å². The van der Waals surface area contributed by atoms with E-state index in [2.05, 4.69) is 126 Å². The summed E-state index contributed by atoms with van der Waals surface area (Å²) in [4.78, 5) is 35.4. The maximum Gasteiger partial charge on any atom is 0.414 e. The standard InChI is InChI=1S/C34H43N7S.C2H2O4/c1-39(2)21-8-19-35-24-26-12-14-27(15-13-26)33-37-32(31-17-16-29(42-31)25-36-20-9-22-40(3)4)30-18-23-41(34(30)38-33)28-10-6-5-7-11-28;3-1(4)2(5)6/h5-7,10-18,23,35-36H,8-9,19-22,24-25H2,1-4H3;(H,3,4)(H,5,6). The van der Waals surface area contributed by atoms with Crippen LogP contribution in [0.2, 0.25) is 0 Å². The molecule has 4 N–H and O–H groups in total. The monoisotopic (exact) mass is 671 g/mol. The van der Waals surface area contributed by atoms with Crippen LogP contribution in [-0.4, -0.2) is 101 Å². The summed E-state index contributed by atoms with van der Waals surface area (Å²) in [6.07, 6.45) is 4.38. The van der Waals surface area contributed by atoms with Gasteiger partial charge in [0.2, 0.25) is 0 Å². The molecule has 0 spiro atoms. The zero-order valence-electron chi connectivity index (χ0n) is 28.0. The average molecular weight is 672 g/mol. The Bertz CT molecular complexity index is 1740. The highest BCUT2D eigenvalue weighted by Gasteiger charge is 2.17. The minimum absolute atomic E-state index is 0.746. The Morgan fingerprint density at radius 2 is 1.40 bits per heavy atom. The van der Waals surface area contributed by atoms with Crippen LogP contribution in [-0.2, 0) is 22.7 Å². The molecule has 48 heavy (non-hydrogen) atoms. The molecule has 0 saturated heterocycles. The zero-order chi connectivity index (χ0) is 34.5. The number of thiophene rings is 1. The fraction of sp³-hybridized carbons (Fsp3) is 0.333. The zero-order valence-corrected chi connectivity index (χ0v) is 28.8. The molecule has 0 atom stereocenters. The molecule has 5 aromatic rings. The lowest BCUT2D eigenvalue weighted by Crippen LogP contribution is -2.20. The minimum atomic E-state index is -1.82. The first-order valence-electron chi connectivity index (χ1n) is 15.9. The summed E-state index contributed by atoms with van der Waals surface area (Å²) >= 11 is 1.81. The van der Waals surface area contributed by atoms with Gasteiger partial charge in [-0.05, 0) is 103 Å². The first-order chi connectivity index (χ1) is 23.1. The number of hydrogen-bond donors (Lipinski definition) is 4. The molecule has 254 valence electrons. The van der Waals surface area contributed by atoms with E-state index in [1.165, 1.54) is 10.4 Å². The minimum Gasteiger partial charge on any atom is -0.473 e. The van der Waals surface area contributed by atoms with Gasteiger partial charge in [-0.1, -0.05) is 42.5 Å². The van der Waals surface area contributed by atoms with Crippen molar-refractivity contribution in [1.82, 2.24) is 35.0 Å². The summed E-state index contributed by atoms with van der Waals surface area (Å²) in [5.74, 6) is -2.90. The summed E-state index contributed by atoms with van der Waals surface area (Å²) in [5, 5.41) is 23.0. The van der Waals surface area contributed by atoms with Crippen molar-refractivity contribution in [2.75, 3.05) is 54.4 Å². The highest BCUT2D eigenvalue weighted by Crippen LogP contribution is 2.35. The molecule has 3 aromatic heterocycles. The maximum atomic E-state index is 9.10. The number of hydrogen-bond acceptors (Lipinski definition) is 9. The van der Waals surface area contributed by atoms with E-state index in [1.807, 2.05) is 17.4 Å². The fourth-order valence-electron chi connectivity index (χ4n) is 4.98. The van der Waals surface area contributed by atoms with Gasteiger partial charge in [0.15, 0.2) is 5.82 Å². The third kappa shape index (κ3) is 10.8. The number of carbonyl (C=O) groups is 2. The van der Waals surface area contributed by atoms with Crippen molar-refractivity contribution in [1.29, 1.82) is 0 Å². The van der Waals surface area contributed by atoms with Gasteiger partial charge in [0.25, 0.3) is 0 Å². The lowest BCUT2D eigenvalue weighted by molar-refractivity contribution is -0.159. The molecule has 0 bridgehead atoms. The molecule has 0 aliphatic heterocycles. The first-order valence-corrected chi connectivity index (χ1v) is 16.7. The normalized spacial score (nSPS) is 11.2. The van der Waals surface area contributed by atoms with Gasteiger partial charge in [0.05, 0.1) is 10.6 Å². The molecule has 0 saturated carbocycles. The van der Waals surface area contributed by atoms with Crippen LogP contribution in [0, 0.1) is 0 Å². The Kier molecular flexibility index (Phi) is 13.8. The van der Waals surface area contributed by atoms with Gasteiger partial charge in [-0.15, -0.1) is 11.3 Å². The van der Waals surface area contributed by atoms with Gasteiger partial charge >= 0.3 is 11.9 Å². The van der Waals surface area contributed by atoms with Gasteiger partial charge in [0.1, 0.15) is 5.65 Å². The SMILES string of the molecule is CN(C)CCCNCc1ccc(-c2nc(-c3ccc(CNCCCN(C)C)s3)c3ccn(-c4ccccc4)c3n2)cc1.O=C(O)C(=O)O. The lowest BCUT2D eigenvalue weighted by Gasteiger charge is -2.11. The van der Waals surface area contributed by atoms with Crippen LogP contribution in [0.25, 0.3) is 38.7 Å². The van der Waals surface area contributed by atoms with Gasteiger partial charge in [0, 0.05) is 40.8 Å². The highest BCUT2D eigenvalue weighted by molar-refractivity contribution is 7.15. The first kappa shape index (κ1) is 36.4. The number of carboxylic acid groups (broad SMARTS) is 2. The molecule has 11 nitrogen and oxygen atoms in total. The second-order valence-electron chi connectivity index (χ2n) is 11.9. The summed E-state index contributed by atoms with van der Waals surface area (Å²) in [6.45, 7) is 5.93. The number of para-hydroxylation sites is 1. The van der Waals surface area contributed by atoms with Gasteiger partial charge in [-0.25, -0.2) is 19.6 Å².